The topological polar surface area (TPSA) is 87.1 Å². The second-order valence-electron chi connectivity index (χ2n) is 5.98. The lowest BCUT2D eigenvalue weighted by Crippen LogP contribution is -2.35. The van der Waals surface area contributed by atoms with Gasteiger partial charge in [0.2, 0.25) is 0 Å². The highest BCUT2D eigenvalue weighted by Gasteiger charge is 2.31. The Morgan fingerprint density at radius 2 is 2.00 bits per heavy atom. The Kier molecular flexibility index (Phi) is 3.91. The summed E-state index contributed by atoms with van der Waals surface area (Å²) in [6.45, 7) is 5.48. The number of ether oxygens (including phenoxy) is 1. The van der Waals surface area contributed by atoms with Crippen LogP contribution in [0.25, 0.3) is 0 Å². The van der Waals surface area contributed by atoms with Crippen LogP contribution in [0, 0.1) is 0 Å². The van der Waals surface area contributed by atoms with Gasteiger partial charge in [0.25, 0.3) is 0 Å². The van der Waals surface area contributed by atoms with Crippen LogP contribution in [0.1, 0.15) is 42.3 Å². The lowest BCUT2D eigenvalue weighted by atomic mass is 10.0. The molecule has 2 rings (SSSR count). The highest BCUT2D eigenvalue weighted by atomic mass is 16.6. The first kappa shape index (κ1) is 15.3. The minimum absolute atomic E-state index is 0.0493. The number of aliphatic hydroxyl groups excluding tert-OH is 1. The zero-order chi connectivity index (χ0) is 15.8. The molecule has 0 aromatic heterocycles. The van der Waals surface area contributed by atoms with Gasteiger partial charge in [0.05, 0.1) is 17.9 Å². The third-order valence-corrected chi connectivity index (χ3v) is 3.23. The van der Waals surface area contributed by atoms with E-state index >= 15 is 0 Å². The van der Waals surface area contributed by atoms with Crippen LogP contribution in [0.15, 0.2) is 12.1 Å². The highest BCUT2D eigenvalue weighted by Crippen LogP contribution is 2.33. The molecule has 2 N–H and O–H groups in total. The fraction of sp³-hybridized carbons (Fsp3) is 0.467. The highest BCUT2D eigenvalue weighted by molar-refractivity contribution is 5.95. The lowest BCUT2D eigenvalue weighted by Gasteiger charge is -2.25. The van der Waals surface area contributed by atoms with Gasteiger partial charge in [0.15, 0.2) is 0 Å². The van der Waals surface area contributed by atoms with Gasteiger partial charge in [0, 0.05) is 6.54 Å². The Labute approximate surface area is 122 Å². The standard InChI is InChI=1S/C15H19NO5/c1-15(2,3)21-14(20)16-5-4-11-10(8-17)6-9(13(18)19)7-12(11)16/h6-7,17H,4-5,8H2,1-3H3,(H,18,19). The number of benzene rings is 1. The van der Waals surface area contributed by atoms with Crippen molar-refractivity contribution in [3.8, 4) is 0 Å². The summed E-state index contributed by atoms with van der Waals surface area (Å²) in [7, 11) is 0. The first-order valence-corrected chi connectivity index (χ1v) is 6.73. The number of hydrogen-bond acceptors (Lipinski definition) is 4. The van der Waals surface area contributed by atoms with Gasteiger partial charge in [-0.1, -0.05) is 0 Å². The maximum absolute atomic E-state index is 12.2. The second kappa shape index (κ2) is 5.37. The van der Waals surface area contributed by atoms with Gasteiger partial charge in [-0.25, -0.2) is 9.59 Å². The zero-order valence-corrected chi connectivity index (χ0v) is 12.3. The molecule has 1 aromatic rings. The van der Waals surface area contributed by atoms with E-state index < -0.39 is 17.7 Å². The van der Waals surface area contributed by atoms with Crippen molar-refractivity contribution in [2.24, 2.45) is 0 Å². The number of carbonyl (C=O) groups excluding carboxylic acids is 1. The Hall–Kier alpha value is -2.08. The van der Waals surface area contributed by atoms with Crippen LogP contribution >= 0.6 is 0 Å². The number of amides is 1. The Balaban J connectivity index is 2.40. The molecule has 1 aliphatic rings. The number of aliphatic hydroxyl groups is 1. The molecule has 0 aliphatic carbocycles. The van der Waals surface area contributed by atoms with Crippen LogP contribution in [0.2, 0.25) is 0 Å². The minimum atomic E-state index is -1.09. The van der Waals surface area contributed by atoms with E-state index in [0.29, 0.717) is 24.2 Å². The van der Waals surface area contributed by atoms with Crippen LogP contribution in [0.5, 0.6) is 0 Å². The quantitative estimate of drug-likeness (QED) is 0.872. The van der Waals surface area contributed by atoms with E-state index in [9.17, 15) is 14.7 Å². The molecule has 114 valence electrons. The summed E-state index contributed by atoms with van der Waals surface area (Å²) < 4.78 is 5.33. The summed E-state index contributed by atoms with van der Waals surface area (Å²) in [6, 6.07) is 2.90. The van der Waals surface area contributed by atoms with Crippen molar-refractivity contribution in [1.29, 1.82) is 0 Å². The van der Waals surface area contributed by atoms with E-state index in [1.165, 1.54) is 17.0 Å². The molecule has 0 saturated heterocycles. The van der Waals surface area contributed by atoms with Crippen molar-refractivity contribution < 1.29 is 24.5 Å². The SMILES string of the molecule is CC(C)(C)OC(=O)N1CCc2c(CO)cc(C(=O)O)cc21. The summed E-state index contributed by atoms with van der Waals surface area (Å²) in [5.74, 6) is -1.09. The van der Waals surface area contributed by atoms with Crippen molar-refractivity contribution >= 4 is 17.7 Å². The van der Waals surface area contributed by atoms with E-state index in [1.807, 2.05) is 0 Å². The smallest absolute Gasteiger partial charge is 0.414 e. The normalized spacial score (nSPS) is 14.0. The summed E-state index contributed by atoms with van der Waals surface area (Å²) in [5, 5.41) is 18.5. The molecule has 0 radical (unpaired) electrons. The van der Waals surface area contributed by atoms with Crippen molar-refractivity contribution in [2.45, 2.75) is 39.4 Å². The number of anilines is 1. The average molecular weight is 293 g/mol. The van der Waals surface area contributed by atoms with Gasteiger partial charge in [0.1, 0.15) is 5.60 Å². The third-order valence-electron chi connectivity index (χ3n) is 3.23. The van der Waals surface area contributed by atoms with Crippen molar-refractivity contribution in [3.63, 3.8) is 0 Å². The van der Waals surface area contributed by atoms with Gasteiger partial charge < -0.3 is 14.9 Å². The summed E-state index contributed by atoms with van der Waals surface area (Å²) >= 11 is 0. The Bertz CT molecular complexity index is 588. The molecule has 6 nitrogen and oxygen atoms in total. The first-order chi connectivity index (χ1) is 9.73. The lowest BCUT2D eigenvalue weighted by molar-refractivity contribution is 0.0582. The molecule has 21 heavy (non-hydrogen) atoms. The van der Waals surface area contributed by atoms with Crippen LogP contribution in [-0.2, 0) is 17.8 Å². The molecule has 0 atom stereocenters. The molecule has 1 aliphatic heterocycles. The van der Waals surface area contributed by atoms with Crippen LogP contribution < -0.4 is 4.90 Å². The predicted molar refractivity (Wildman–Crippen MR) is 76.6 cm³/mol. The Morgan fingerprint density at radius 3 is 2.52 bits per heavy atom. The molecule has 1 amide bonds. The van der Waals surface area contributed by atoms with Crippen molar-refractivity contribution in [2.75, 3.05) is 11.4 Å². The number of fused-ring (bicyclic) bond motifs is 1. The molecule has 0 fully saturated rings. The minimum Gasteiger partial charge on any atom is -0.478 e. The van der Waals surface area contributed by atoms with E-state index in [4.69, 9.17) is 9.84 Å². The fourth-order valence-corrected chi connectivity index (χ4v) is 2.36. The molecule has 0 unspecified atom stereocenters. The number of hydrogen-bond donors (Lipinski definition) is 2. The maximum Gasteiger partial charge on any atom is 0.414 e. The number of nitrogens with zero attached hydrogens (tertiary/aromatic N) is 1. The third kappa shape index (κ3) is 3.16. The Morgan fingerprint density at radius 1 is 1.33 bits per heavy atom. The predicted octanol–water partition coefficient (Wildman–Crippen LogP) is 2.17. The molecule has 0 bridgehead atoms. The number of rotatable bonds is 2. The summed E-state index contributed by atoms with van der Waals surface area (Å²) in [6.07, 6.45) is 0.0670. The van der Waals surface area contributed by atoms with Crippen LogP contribution in [0.4, 0.5) is 10.5 Å². The number of carbonyl (C=O) groups is 2. The van der Waals surface area contributed by atoms with Gasteiger partial charge >= 0.3 is 12.1 Å². The summed E-state index contributed by atoms with van der Waals surface area (Å²) in [4.78, 5) is 24.8. The molecule has 0 spiro atoms. The fourth-order valence-electron chi connectivity index (χ4n) is 2.36. The van der Waals surface area contributed by atoms with Crippen molar-refractivity contribution in [3.05, 3.63) is 28.8 Å². The average Bonchev–Trinajstić information content (AvgIpc) is 2.79. The molecule has 6 heteroatoms. The monoisotopic (exact) mass is 293 g/mol. The van der Waals surface area contributed by atoms with Gasteiger partial charge in [-0.3, -0.25) is 4.90 Å². The zero-order valence-electron chi connectivity index (χ0n) is 12.3. The maximum atomic E-state index is 12.2. The first-order valence-electron chi connectivity index (χ1n) is 6.73. The van der Waals surface area contributed by atoms with Crippen molar-refractivity contribution in [1.82, 2.24) is 0 Å². The van der Waals surface area contributed by atoms with Gasteiger partial charge in [-0.05, 0) is 50.5 Å². The number of aromatic carboxylic acids is 1. The van der Waals surface area contributed by atoms with Crippen LogP contribution in [0.3, 0.4) is 0 Å². The number of carboxylic acids is 1. The molecule has 1 aromatic carbocycles. The second-order valence-corrected chi connectivity index (χ2v) is 5.98. The van der Waals surface area contributed by atoms with E-state index in [0.717, 1.165) is 5.56 Å². The molecule has 0 saturated carbocycles. The summed E-state index contributed by atoms with van der Waals surface area (Å²) in [5.41, 5.74) is 1.27. The molecular weight excluding hydrogens is 274 g/mol. The van der Waals surface area contributed by atoms with E-state index in [2.05, 4.69) is 0 Å². The van der Waals surface area contributed by atoms with Crippen LogP contribution in [-0.4, -0.2) is 34.4 Å². The van der Waals surface area contributed by atoms with E-state index in [1.54, 1.807) is 20.8 Å². The van der Waals surface area contributed by atoms with Gasteiger partial charge in [-0.2, -0.15) is 0 Å². The number of carboxylic acid groups (broad SMARTS) is 1. The van der Waals surface area contributed by atoms with E-state index in [-0.39, 0.29) is 12.2 Å². The molecular formula is C15H19NO5. The van der Waals surface area contributed by atoms with Gasteiger partial charge in [-0.15, -0.1) is 0 Å². The molecule has 1 heterocycles. The largest absolute Gasteiger partial charge is 0.478 e.